The van der Waals surface area contributed by atoms with Gasteiger partial charge in [-0.3, -0.25) is 14.6 Å². The van der Waals surface area contributed by atoms with E-state index >= 15 is 0 Å². The van der Waals surface area contributed by atoms with Crippen LogP contribution in [0.4, 0.5) is 14.5 Å². The Morgan fingerprint density at radius 1 is 0.971 bits per heavy atom. The molecule has 0 radical (unpaired) electrons. The zero-order valence-electron chi connectivity index (χ0n) is 18.4. The van der Waals surface area contributed by atoms with Crippen LogP contribution in [0.5, 0.6) is 0 Å². The Bertz CT molecular complexity index is 1360. The van der Waals surface area contributed by atoms with Gasteiger partial charge in [-0.2, -0.15) is 0 Å². The third-order valence-electron chi connectivity index (χ3n) is 5.59. The number of rotatable bonds is 6. The summed E-state index contributed by atoms with van der Waals surface area (Å²) in [5, 5.41) is 3.19. The zero-order chi connectivity index (χ0) is 24.4. The number of nitrogens with one attached hydrogen (secondary N) is 1. The summed E-state index contributed by atoms with van der Waals surface area (Å²) in [6.07, 6.45) is -0.121. The highest BCUT2D eigenvalue weighted by atomic mass is 32.2. The molecular weight excluding hydrogens is 470 g/mol. The SMILES string of the molecule is O=C(C[C@@H]1N=C2c3ccccc3N=C(SCc3cccc(F)c3)N2C1=O)NCc1ccc(F)cc1. The molecule has 0 spiro atoms. The molecule has 0 unspecified atom stereocenters. The molecule has 3 aromatic carbocycles. The van der Waals surface area contributed by atoms with Crippen LogP contribution in [0.15, 0.2) is 82.8 Å². The van der Waals surface area contributed by atoms with Gasteiger partial charge in [0.2, 0.25) is 5.91 Å². The van der Waals surface area contributed by atoms with Crippen molar-refractivity contribution in [3.8, 4) is 0 Å². The Balaban J connectivity index is 1.32. The van der Waals surface area contributed by atoms with Crippen LogP contribution < -0.4 is 5.32 Å². The Morgan fingerprint density at radius 2 is 1.77 bits per heavy atom. The predicted molar refractivity (Wildman–Crippen MR) is 131 cm³/mol. The standard InChI is InChI=1S/C26H20F2N4O2S/c27-18-10-8-16(9-11-18)14-29-23(33)13-22-25(34)32-24(30-22)20-6-1-2-7-21(20)31-26(32)35-15-17-4-3-5-19(28)12-17/h1-12,22H,13-15H2,(H,29,33)/t22-/m0/s1. The second kappa shape index (κ2) is 9.79. The lowest BCUT2D eigenvalue weighted by Crippen LogP contribution is -2.42. The third kappa shape index (κ3) is 5.00. The summed E-state index contributed by atoms with van der Waals surface area (Å²) in [4.78, 5) is 36.6. The number of amidine groups is 2. The number of halogens is 2. The molecule has 3 aromatic rings. The highest BCUT2D eigenvalue weighted by Crippen LogP contribution is 2.34. The number of carbonyl (C=O) groups is 2. The van der Waals surface area contributed by atoms with Gasteiger partial charge in [-0.15, -0.1) is 0 Å². The maximum Gasteiger partial charge on any atom is 0.259 e. The van der Waals surface area contributed by atoms with Crippen LogP contribution >= 0.6 is 11.8 Å². The number of aliphatic imine (C=N–C) groups is 2. The summed E-state index contributed by atoms with van der Waals surface area (Å²) in [6.45, 7) is 0.222. The fourth-order valence-electron chi connectivity index (χ4n) is 3.86. The second-order valence-electron chi connectivity index (χ2n) is 8.08. The summed E-state index contributed by atoms with van der Waals surface area (Å²) in [5.74, 6) is -0.479. The van der Waals surface area contributed by atoms with Crippen LogP contribution in [-0.2, 0) is 21.9 Å². The number of hydrogen-bond acceptors (Lipinski definition) is 5. The van der Waals surface area contributed by atoms with Crippen LogP contribution in [0.2, 0.25) is 0 Å². The number of para-hydroxylation sites is 1. The van der Waals surface area contributed by atoms with Crippen LogP contribution in [0, 0.1) is 11.6 Å². The molecule has 176 valence electrons. The number of fused-ring (bicyclic) bond motifs is 3. The van der Waals surface area contributed by atoms with Crippen molar-refractivity contribution in [1.82, 2.24) is 10.2 Å². The molecule has 1 atom stereocenters. The lowest BCUT2D eigenvalue weighted by Gasteiger charge is -2.25. The highest BCUT2D eigenvalue weighted by Gasteiger charge is 2.42. The van der Waals surface area contributed by atoms with Gasteiger partial charge >= 0.3 is 0 Å². The first-order valence-electron chi connectivity index (χ1n) is 11.0. The van der Waals surface area contributed by atoms with E-state index in [1.165, 1.54) is 40.9 Å². The van der Waals surface area contributed by atoms with Gasteiger partial charge in [0, 0.05) is 17.9 Å². The number of benzene rings is 3. The third-order valence-corrected chi connectivity index (χ3v) is 6.60. The maximum atomic E-state index is 13.6. The van der Waals surface area contributed by atoms with Gasteiger partial charge in [0.1, 0.15) is 23.5 Å². The number of amides is 2. The monoisotopic (exact) mass is 490 g/mol. The molecule has 0 saturated carbocycles. The quantitative estimate of drug-likeness (QED) is 0.551. The Morgan fingerprint density at radius 3 is 2.57 bits per heavy atom. The van der Waals surface area contributed by atoms with Gasteiger partial charge in [0.15, 0.2) is 5.17 Å². The van der Waals surface area contributed by atoms with Crippen molar-refractivity contribution in [2.75, 3.05) is 0 Å². The fourth-order valence-corrected chi connectivity index (χ4v) is 4.80. The van der Waals surface area contributed by atoms with Crippen LogP contribution in [-0.4, -0.2) is 33.8 Å². The molecular formula is C26H20F2N4O2S. The smallest absolute Gasteiger partial charge is 0.259 e. The number of hydrogen-bond donors (Lipinski definition) is 1. The molecule has 2 aliphatic heterocycles. The van der Waals surface area contributed by atoms with Crippen molar-refractivity contribution >= 4 is 40.3 Å². The van der Waals surface area contributed by atoms with Gasteiger partial charge in [-0.25, -0.2) is 18.7 Å². The second-order valence-corrected chi connectivity index (χ2v) is 9.02. The van der Waals surface area contributed by atoms with Gasteiger partial charge in [0.05, 0.1) is 12.1 Å². The largest absolute Gasteiger partial charge is 0.352 e. The Kier molecular flexibility index (Phi) is 6.41. The van der Waals surface area contributed by atoms with E-state index in [2.05, 4.69) is 15.3 Å². The topological polar surface area (TPSA) is 74.1 Å². The molecule has 5 rings (SSSR count). The zero-order valence-corrected chi connectivity index (χ0v) is 19.3. The summed E-state index contributed by atoms with van der Waals surface area (Å²) in [7, 11) is 0. The first-order chi connectivity index (χ1) is 17.0. The van der Waals surface area contributed by atoms with Crippen molar-refractivity contribution in [3.63, 3.8) is 0 Å². The molecule has 0 fully saturated rings. The minimum Gasteiger partial charge on any atom is -0.352 e. The van der Waals surface area contributed by atoms with E-state index in [1.807, 2.05) is 30.3 Å². The number of nitrogens with zero attached hydrogens (tertiary/aromatic N) is 3. The molecule has 2 aliphatic rings. The van der Waals surface area contributed by atoms with Crippen LogP contribution in [0.25, 0.3) is 0 Å². The van der Waals surface area contributed by atoms with E-state index < -0.39 is 6.04 Å². The summed E-state index contributed by atoms with van der Waals surface area (Å²) >= 11 is 1.31. The normalized spacial score (nSPS) is 16.3. The summed E-state index contributed by atoms with van der Waals surface area (Å²) in [5.41, 5.74) is 2.90. The predicted octanol–water partition coefficient (Wildman–Crippen LogP) is 4.56. The Labute approximate surface area is 204 Å². The maximum absolute atomic E-state index is 13.6. The number of carbonyl (C=O) groups excluding carboxylic acids is 2. The van der Waals surface area contributed by atoms with Crippen molar-refractivity contribution in [2.24, 2.45) is 9.98 Å². The Hall–Kier alpha value is -3.85. The van der Waals surface area contributed by atoms with Crippen LogP contribution in [0.3, 0.4) is 0 Å². The minimum absolute atomic E-state index is 0.121. The molecule has 35 heavy (non-hydrogen) atoms. The molecule has 2 heterocycles. The van der Waals surface area contributed by atoms with E-state index in [1.54, 1.807) is 18.2 Å². The average molecular weight is 491 g/mol. The van der Waals surface area contributed by atoms with E-state index in [9.17, 15) is 18.4 Å². The van der Waals surface area contributed by atoms with Crippen molar-refractivity contribution in [2.45, 2.75) is 24.8 Å². The van der Waals surface area contributed by atoms with E-state index in [0.717, 1.165) is 11.1 Å². The lowest BCUT2D eigenvalue weighted by molar-refractivity contribution is -0.128. The molecule has 0 aromatic heterocycles. The van der Waals surface area contributed by atoms with Crippen molar-refractivity contribution in [1.29, 1.82) is 0 Å². The first-order valence-corrected chi connectivity index (χ1v) is 11.9. The van der Waals surface area contributed by atoms with E-state index in [-0.39, 0.29) is 36.4 Å². The molecule has 0 saturated heterocycles. The van der Waals surface area contributed by atoms with Gasteiger partial charge in [0.25, 0.3) is 5.91 Å². The molecule has 0 bridgehead atoms. The van der Waals surface area contributed by atoms with E-state index in [0.29, 0.717) is 28.0 Å². The molecule has 2 amide bonds. The highest BCUT2D eigenvalue weighted by molar-refractivity contribution is 8.13. The number of thioether (sulfide) groups is 1. The molecule has 1 N–H and O–H groups in total. The lowest BCUT2D eigenvalue weighted by atomic mass is 10.1. The summed E-state index contributed by atoms with van der Waals surface area (Å²) in [6, 6.07) is 18.6. The van der Waals surface area contributed by atoms with Crippen molar-refractivity contribution < 1.29 is 18.4 Å². The van der Waals surface area contributed by atoms with Gasteiger partial charge < -0.3 is 5.32 Å². The van der Waals surface area contributed by atoms with Crippen molar-refractivity contribution in [3.05, 3.63) is 101 Å². The minimum atomic E-state index is -0.885. The first kappa shape index (κ1) is 22.9. The average Bonchev–Trinajstić information content (AvgIpc) is 3.18. The molecule has 0 aliphatic carbocycles. The van der Waals surface area contributed by atoms with E-state index in [4.69, 9.17) is 0 Å². The molecule has 6 nitrogen and oxygen atoms in total. The van der Waals surface area contributed by atoms with Crippen LogP contribution in [0.1, 0.15) is 23.1 Å². The molecule has 9 heteroatoms. The van der Waals surface area contributed by atoms with Gasteiger partial charge in [-0.1, -0.05) is 48.2 Å². The fraction of sp³-hybridized carbons (Fsp3) is 0.154. The summed E-state index contributed by atoms with van der Waals surface area (Å²) < 4.78 is 26.7. The van der Waals surface area contributed by atoms with Gasteiger partial charge in [-0.05, 0) is 47.5 Å².